The molecule has 0 amide bonds. The lowest BCUT2D eigenvalue weighted by atomic mass is 10.0. The summed E-state index contributed by atoms with van der Waals surface area (Å²) in [5.74, 6) is 0. The van der Waals surface area contributed by atoms with Crippen molar-refractivity contribution in [1.29, 1.82) is 0 Å². The van der Waals surface area contributed by atoms with E-state index in [4.69, 9.17) is 0 Å². The molecule has 0 heterocycles. The number of hydrogen-bond donors (Lipinski definition) is 0. The molecule has 0 unspecified atom stereocenters. The molecule has 113 valence electrons. The van der Waals surface area contributed by atoms with Crippen LogP contribution in [-0.2, 0) is 0 Å². The fourth-order valence-corrected chi connectivity index (χ4v) is 2.54. The molecule has 0 rings (SSSR count). The summed E-state index contributed by atoms with van der Waals surface area (Å²) in [5.41, 5.74) is 0. The van der Waals surface area contributed by atoms with Crippen LogP contribution in [0.4, 0.5) is 0 Å². The van der Waals surface area contributed by atoms with Gasteiger partial charge >= 0.3 is 0 Å². The molecule has 19 heavy (non-hydrogen) atoms. The van der Waals surface area contributed by atoms with Crippen molar-refractivity contribution in [3.63, 3.8) is 0 Å². The molecule has 0 aliphatic carbocycles. The van der Waals surface area contributed by atoms with Crippen LogP contribution in [0.3, 0.4) is 0 Å². The van der Waals surface area contributed by atoms with Crippen LogP contribution in [0.1, 0.15) is 103 Å². The largest absolute Gasteiger partial charge is 0.103 e. The van der Waals surface area contributed by atoms with Crippen LogP contribution in [0.25, 0.3) is 0 Å². The highest BCUT2D eigenvalue weighted by Crippen LogP contribution is 2.13. The van der Waals surface area contributed by atoms with E-state index in [1.807, 2.05) is 6.08 Å². The van der Waals surface area contributed by atoms with Gasteiger partial charge in [-0.1, -0.05) is 96.5 Å². The number of unbranched alkanes of at least 4 members (excludes halogenated alkanes) is 15. The predicted octanol–water partition coefficient (Wildman–Crippen LogP) is 7.25. The highest BCUT2D eigenvalue weighted by atomic mass is 14.0. The van der Waals surface area contributed by atoms with Crippen molar-refractivity contribution >= 4 is 0 Å². The molecule has 0 nitrogen and oxygen atoms in total. The molecule has 0 aromatic rings. The smallest absolute Gasteiger partial charge is 0.0322 e. The summed E-state index contributed by atoms with van der Waals surface area (Å²) in [7, 11) is 0. The Morgan fingerprint density at radius 2 is 1.05 bits per heavy atom. The molecule has 0 heteroatoms. The molecular weight excluding hydrogens is 228 g/mol. The summed E-state index contributed by atoms with van der Waals surface area (Å²) in [4.78, 5) is 0. The van der Waals surface area contributed by atoms with Crippen LogP contribution in [0.2, 0.25) is 0 Å². The number of allylic oxidation sites excluding steroid dienone is 1. The first-order valence-electron chi connectivity index (χ1n) is 8.84. The Hall–Kier alpha value is -0.260. The molecule has 0 bridgehead atoms. The molecule has 0 atom stereocenters. The second-order valence-corrected chi connectivity index (χ2v) is 5.84. The first-order chi connectivity index (χ1) is 9.41. The zero-order valence-corrected chi connectivity index (χ0v) is 13.5. The van der Waals surface area contributed by atoms with Gasteiger partial charge < -0.3 is 0 Å². The molecule has 0 N–H and O–H groups in total. The summed E-state index contributed by atoms with van der Waals surface area (Å²) in [6.07, 6.45) is 25.5. The van der Waals surface area contributed by atoms with Crippen molar-refractivity contribution in [2.75, 3.05) is 0 Å². The van der Waals surface area contributed by atoms with Crippen molar-refractivity contribution in [3.05, 3.63) is 19.1 Å². The second kappa shape index (κ2) is 17.7. The van der Waals surface area contributed by atoms with E-state index in [0.29, 0.717) is 0 Å². The lowest BCUT2D eigenvalue weighted by molar-refractivity contribution is 0.538. The van der Waals surface area contributed by atoms with Gasteiger partial charge in [0.15, 0.2) is 0 Å². The van der Waals surface area contributed by atoms with E-state index in [0.717, 1.165) is 6.42 Å². The molecular formula is C19H37. The molecule has 0 aliphatic rings. The summed E-state index contributed by atoms with van der Waals surface area (Å²) >= 11 is 0. The van der Waals surface area contributed by atoms with Crippen molar-refractivity contribution in [2.24, 2.45) is 0 Å². The van der Waals surface area contributed by atoms with Crippen molar-refractivity contribution in [1.82, 2.24) is 0 Å². The summed E-state index contributed by atoms with van der Waals surface area (Å²) < 4.78 is 0. The van der Waals surface area contributed by atoms with Crippen LogP contribution >= 0.6 is 0 Å². The normalized spacial score (nSPS) is 10.8. The summed E-state index contributed by atoms with van der Waals surface area (Å²) in [5, 5.41) is 0. The molecule has 0 aromatic heterocycles. The number of hydrogen-bond acceptors (Lipinski definition) is 0. The Morgan fingerprint density at radius 1 is 0.632 bits per heavy atom. The van der Waals surface area contributed by atoms with E-state index in [2.05, 4.69) is 19.9 Å². The minimum atomic E-state index is 1.08. The Bertz CT molecular complexity index is 159. The van der Waals surface area contributed by atoms with Crippen LogP contribution in [0.5, 0.6) is 0 Å². The Labute approximate surface area is 123 Å². The van der Waals surface area contributed by atoms with Gasteiger partial charge in [0.1, 0.15) is 0 Å². The van der Waals surface area contributed by atoms with E-state index in [1.54, 1.807) is 0 Å². The molecule has 0 spiro atoms. The fourth-order valence-electron chi connectivity index (χ4n) is 2.54. The van der Waals surface area contributed by atoms with Gasteiger partial charge in [0.2, 0.25) is 0 Å². The van der Waals surface area contributed by atoms with Gasteiger partial charge in [-0.05, 0) is 19.3 Å². The van der Waals surface area contributed by atoms with Gasteiger partial charge in [-0.3, -0.25) is 0 Å². The fraction of sp³-hybridized carbons (Fsp3) is 0.842. The molecule has 0 fully saturated rings. The zero-order valence-electron chi connectivity index (χ0n) is 13.5. The monoisotopic (exact) mass is 265 g/mol. The highest BCUT2D eigenvalue weighted by Gasteiger charge is 1.93. The van der Waals surface area contributed by atoms with E-state index < -0.39 is 0 Å². The minimum Gasteiger partial charge on any atom is -0.103 e. The Balaban J connectivity index is 2.89. The third kappa shape index (κ3) is 17.7. The quantitative estimate of drug-likeness (QED) is 0.204. The van der Waals surface area contributed by atoms with E-state index in [1.165, 1.54) is 89.9 Å². The van der Waals surface area contributed by atoms with E-state index in [-0.39, 0.29) is 0 Å². The first-order valence-corrected chi connectivity index (χ1v) is 8.84. The molecule has 0 aromatic carbocycles. The molecule has 0 aliphatic heterocycles. The third-order valence-electron chi connectivity index (χ3n) is 3.85. The van der Waals surface area contributed by atoms with Gasteiger partial charge in [0.05, 0.1) is 0 Å². The summed E-state index contributed by atoms with van der Waals surface area (Å²) in [6, 6.07) is 0. The minimum absolute atomic E-state index is 1.08. The SMILES string of the molecule is C=CC[CH]CCCCCCCCCCCCCCC. The average Bonchev–Trinajstić information content (AvgIpc) is 2.43. The van der Waals surface area contributed by atoms with Gasteiger partial charge in [0.25, 0.3) is 0 Å². The summed E-state index contributed by atoms with van der Waals surface area (Å²) in [6.45, 7) is 6.02. The first kappa shape index (κ1) is 18.7. The maximum atomic E-state index is 3.73. The lowest BCUT2D eigenvalue weighted by Gasteiger charge is -2.03. The van der Waals surface area contributed by atoms with Crippen molar-refractivity contribution in [2.45, 2.75) is 103 Å². The Morgan fingerprint density at radius 3 is 1.47 bits per heavy atom. The van der Waals surface area contributed by atoms with Gasteiger partial charge in [0, 0.05) is 0 Å². The second-order valence-electron chi connectivity index (χ2n) is 5.84. The topological polar surface area (TPSA) is 0 Å². The van der Waals surface area contributed by atoms with Gasteiger partial charge in [-0.15, -0.1) is 6.58 Å². The van der Waals surface area contributed by atoms with Crippen LogP contribution in [-0.4, -0.2) is 0 Å². The number of rotatable bonds is 16. The highest BCUT2D eigenvalue weighted by molar-refractivity contribution is 4.77. The molecule has 0 saturated carbocycles. The average molecular weight is 266 g/mol. The van der Waals surface area contributed by atoms with E-state index >= 15 is 0 Å². The van der Waals surface area contributed by atoms with Crippen molar-refractivity contribution < 1.29 is 0 Å². The zero-order chi connectivity index (χ0) is 14.0. The maximum absolute atomic E-state index is 3.73. The van der Waals surface area contributed by atoms with Crippen LogP contribution in [0, 0.1) is 6.42 Å². The van der Waals surface area contributed by atoms with Gasteiger partial charge in [-0.25, -0.2) is 0 Å². The van der Waals surface area contributed by atoms with Crippen molar-refractivity contribution in [3.8, 4) is 0 Å². The molecule has 0 saturated heterocycles. The van der Waals surface area contributed by atoms with E-state index in [9.17, 15) is 0 Å². The van der Waals surface area contributed by atoms with Crippen LogP contribution < -0.4 is 0 Å². The maximum Gasteiger partial charge on any atom is -0.0322 e. The standard InChI is InChI=1S/C19H37/c1-3-5-7-9-11-13-15-17-19-18-16-14-12-10-8-6-4-2/h3,7H,1,4-6,8-19H2,2H3. The molecule has 1 radical (unpaired) electrons. The van der Waals surface area contributed by atoms with Gasteiger partial charge in [-0.2, -0.15) is 0 Å². The Kier molecular flexibility index (Phi) is 17.5. The third-order valence-corrected chi connectivity index (χ3v) is 3.85. The lowest BCUT2D eigenvalue weighted by Crippen LogP contribution is -1.83. The van der Waals surface area contributed by atoms with Crippen LogP contribution in [0.15, 0.2) is 12.7 Å². The predicted molar refractivity (Wildman–Crippen MR) is 89.4 cm³/mol.